The van der Waals surface area contributed by atoms with E-state index in [-0.39, 0.29) is 0 Å². The fourth-order valence-corrected chi connectivity index (χ4v) is 2.88. The summed E-state index contributed by atoms with van der Waals surface area (Å²) in [5.41, 5.74) is 0. The third-order valence-electron chi connectivity index (χ3n) is 4.33. The highest BCUT2D eigenvalue weighted by Gasteiger charge is 2.07. The normalized spacial score (nSPS) is 12.7. The Hall–Kier alpha value is -0.0800. The fourth-order valence-electron chi connectivity index (χ4n) is 2.88. The van der Waals surface area contributed by atoms with E-state index in [0.717, 1.165) is 19.1 Å². The molecule has 134 valence electrons. The molecule has 0 aliphatic rings. The molecule has 0 aromatic rings. The summed E-state index contributed by atoms with van der Waals surface area (Å²) < 4.78 is 11.3. The zero-order valence-electron chi connectivity index (χ0n) is 15.7. The van der Waals surface area contributed by atoms with Crippen LogP contribution in [0.3, 0.4) is 0 Å². The van der Waals surface area contributed by atoms with Crippen molar-refractivity contribution >= 4 is 0 Å². The van der Waals surface area contributed by atoms with E-state index >= 15 is 0 Å². The van der Waals surface area contributed by atoms with Crippen LogP contribution in [-0.4, -0.2) is 20.0 Å². The van der Waals surface area contributed by atoms with Crippen LogP contribution in [0.25, 0.3) is 0 Å². The van der Waals surface area contributed by atoms with Crippen LogP contribution in [-0.2, 0) is 9.47 Å². The van der Waals surface area contributed by atoms with Crippen LogP contribution in [0.15, 0.2) is 0 Å². The van der Waals surface area contributed by atoms with Crippen molar-refractivity contribution in [3.63, 3.8) is 0 Å². The van der Waals surface area contributed by atoms with E-state index < -0.39 is 0 Å². The molecule has 0 rings (SSSR count). The van der Waals surface area contributed by atoms with Crippen molar-refractivity contribution in [3.05, 3.63) is 0 Å². The van der Waals surface area contributed by atoms with Crippen molar-refractivity contribution in [3.8, 4) is 0 Å². The maximum atomic E-state index is 5.70. The molecule has 0 aromatic carbocycles. The maximum absolute atomic E-state index is 5.70. The zero-order chi connectivity index (χ0) is 16.3. The Kier molecular flexibility index (Phi) is 18.9. The zero-order valence-corrected chi connectivity index (χ0v) is 15.7. The summed E-state index contributed by atoms with van der Waals surface area (Å²) in [6, 6.07) is 0. The van der Waals surface area contributed by atoms with Crippen LogP contribution < -0.4 is 0 Å². The molecule has 0 radical (unpaired) electrons. The molecule has 0 N–H and O–H groups in total. The lowest BCUT2D eigenvalue weighted by molar-refractivity contribution is -0.0668. The highest BCUT2D eigenvalue weighted by molar-refractivity contribution is 4.57. The lowest BCUT2D eigenvalue weighted by Gasteiger charge is -2.16. The van der Waals surface area contributed by atoms with Gasteiger partial charge < -0.3 is 9.47 Å². The predicted molar refractivity (Wildman–Crippen MR) is 97.3 cm³/mol. The van der Waals surface area contributed by atoms with E-state index in [0.29, 0.717) is 6.79 Å². The van der Waals surface area contributed by atoms with E-state index in [4.69, 9.17) is 9.47 Å². The molecular formula is C20H42O2. The second-order valence-electron chi connectivity index (χ2n) is 6.67. The minimum absolute atomic E-state index is 0.489. The third kappa shape index (κ3) is 16.3. The summed E-state index contributed by atoms with van der Waals surface area (Å²) in [6.07, 6.45) is 17.3. The average Bonchev–Trinajstić information content (AvgIpc) is 2.53. The fraction of sp³-hybridized carbons (Fsp3) is 1.00. The minimum atomic E-state index is 0.489. The molecule has 0 amide bonds. The molecule has 2 nitrogen and oxygen atoms in total. The van der Waals surface area contributed by atoms with Crippen LogP contribution in [0.4, 0.5) is 0 Å². The summed E-state index contributed by atoms with van der Waals surface area (Å²) in [7, 11) is 0. The Morgan fingerprint density at radius 2 is 1.23 bits per heavy atom. The molecule has 0 aliphatic heterocycles. The summed E-state index contributed by atoms with van der Waals surface area (Å²) in [5.74, 6) is 0.733. The molecule has 22 heavy (non-hydrogen) atoms. The van der Waals surface area contributed by atoms with Gasteiger partial charge in [0, 0.05) is 6.61 Å². The molecule has 0 saturated carbocycles. The Balaban J connectivity index is 3.23. The first-order chi connectivity index (χ1) is 10.8. The summed E-state index contributed by atoms with van der Waals surface area (Å²) >= 11 is 0. The van der Waals surface area contributed by atoms with Gasteiger partial charge in [-0.25, -0.2) is 0 Å². The third-order valence-corrected chi connectivity index (χ3v) is 4.33. The molecule has 0 spiro atoms. The number of rotatable bonds is 18. The van der Waals surface area contributed by atoms with E-state index in [2.05, 4.69) is 20.8 Å². The average molecular weight is 315 g/mol. The first-order valence-electron chi connectivity index (χ1n) is 10.0. The first kappa shape index (κ1) is 21.9. The monoisotopic (exact) mass is 314 g/mol. The van der Waals surface area contributed by atoms with E-state index in [9.17, 15) is 0 Å². The maximum Gasteiger partial charge on any atom is 0.146 e. The minimum Gasteiger partial charge on any atom is -0.355 e. The van der Waals surface area contributed by atoms with Gasteiger partial charge in [-0.3, -0.25) is 0 Å². The molecule has 2 heteroatoms. The lowest BCUT2D eigenvalue weighted by Crippen LogP contribution is -2.12. The Morgan fingerprint density at radius 3 is 1.86 bits per heavy atom. The largest absolute Gasteiger partial charge is 0.355 e. The molecular weight excluding hydrogens is 272 g/mol. The SMILES string of the molecule is CCCCCCCCCCOCOCC(CCC)CCCC. The Labute approximate surface area is 140 Å². The molecule has 0 bridgehead atoms. The van der Waals surface area contributed by atoms with Crippen molar-refractivity contribution in [2.45, 2.75) is 104 Å². The predicted octanol–water partition coefficient (Wildman–Crippen LogP) is 6.72. The van der Waals surface area contributed by atoms with Gasteiger partial charge in [0.1, 0.15) is 6.79 Å². The van der Waals surface area contributed by atoms with Gasteiger partial charge in [-0.1, -0.05) is 85.0 Å². The van der Waals surface area contributed by atoms with Gasteiger partial charge in [-0.2, -0.15) is 0 Å². The van der Waals surface area contributed by atoms with Gasteiger partial charge in [0.05, 0.1) is 6.61 Å². The van der Waals surface area contributed by atoms with E-state index in [1.165, 1.54) is 83.5 Å². The highest BCUT2D eigenvalue weighted by Crippen LogP contribution is 2.15. The molecule has 1 unspecified atom stereocenters. The van der Waals surface area contributed by atoms with Crippen LogP contribution >= 0.6 is 0 Å². The number of ether oxygens (including phenoxy) is 2. The molecule has 1 atom stereocenters. The molecule has 0 saturated heterocycles. The van der Waals surface area contributed by atoms with Gasteiger partial charge in [-0.15, -0.1) is 0 Å². The molecule has 0 aliphatic carbocycles. The summed E-state index contributed by atoms with van der Waals surface area (Å²) in [6.45, 7) is 9.03. The van der Waals surface area contributed by atoms with Crippen molar-refractivity contribution in [1.29, 1.82) is 0 Å². The number of hydrogen-bond acceptors (Lipinski definition) is 2. The molecule has 0 aromatic heterocycles. The summed E-state index contributed by atoms with van der Waals surface area (Å²) in [5, 5.41) is 0. The van der Waals surface area contributed by atoms with Crippen molar-refractivity contribution in [2.75, 3.05) is 20.0 Å². The quantitative estimate of drug-likeness (QED) is 0.206. The van der Waals surface area contributed by atoms with Crippen molar-refractivity contribution in [2.24, 2.45) is 5.92 Å². The summed E-state index contributed by atoms with van der Waals surface area (Å²) in [4.78, 5) is 0. The van der Waals surface area contributed by atoms with Crippen LogP contribution in [0.1, 0.15) is 104 Å². The molecule has 0 fully saturated rings. The van der Waals surface area contributed by atoms with Gasteiger partial charge in [0.25, 0.3) is 0 Å². The second-order valence-corrected chi connectivity index (χ2v) is 6.67. The van der Waals surface area contributed by atoms with Gasteiger partial charge in [-0.05, 0) is 25.2 Å². The van der Waals surface area contributed by atoms with Gasteiger partial charge in [0.2, 0.25) is 0 Å². The van der Waals surface area contributed by atoms with Crippen LogP contribution in [0, 0.1) is 5.92 Å². The van der Waals surface area contributed by atoms with E-state index in [1.807, 2.05) is 0 Å². The van der Waals surface area contributed by atoms with Crippen LogP contribution in [0.5, 0.6) is 0 Å². The van der Waals surface area contributed by atoms with Crippen molar-refractivity contribution < 1.29 is 9.47 Å². The number of unbranched alkanes of at least 4 members (excludes halogenated alkanes) is 8. The lowest BCUT2D eigenvalue weighted by atomic mass is 9.98. The van der Waals surface area contributed by atoms with Gasteiger partial charge in [0.15, 0.2) is 0 Å². The molecule has 0 heterocycles. The highest BCUT2D eigenvalue weighted by atomic mass is 16.7. The first-order valence-corrected chi connectivity index (χ1v) is 10.0. The smallest absolute Gasteiger partial charge is 0.146 e. The van der Waals surface area contributed by atoms with Crippen molar-refractivity contribution in [1.82, 2.24) is 0 Å². The Bertz CT molecular complexity index is 194. The van der Waals surface area contributed by atoms with Crippen LogP contribution in [0.2, 0.25) is 0 Å². The second kappa shape index (κ2) is 19.0. The number of hydrogen-bond donors (Lipinski definition) is 0. The van der Waals surface area contributed by atoms with Gasteiger partial charge >= 0.3 is 0 Å². The Morgan fingerprint density at radius 1 is 0.591 bits per heavy atom. The standard InChI is InChI=1S/C20H42O2/c1-4-7-9-10-11-12-13-14-17-21-19-22-18-20(15-6-3)16-8-5-2/h20H,4-19H2,1-3H3. The topological polar surface area (TPSA) is 18.5 Å². The van der Waals surface area contributed by atoms with E-state index in [1.54, 1.807) is 0 Å².